The van der Waals surface area contributed by atoms with Gasteiger partial charge < -0.3 is 9.63 Å². The first-order valence-electron chi connectivity index (χ1n) is 6.83. The molecule has 2 heterocycles. The molecular weight excluding hydrogens is 268 g/mol. The molecule has 1 fully saturated rings. The standard InChI is InChI=1S/C16H12N2O3/c19-16(20)11-8-12(9-6-7-9)17-15-13(11)14(18-21-15)10-4-2-1-3-5-10/h1-5,8-9H,6-7H2,(H,19,20). The minimum atomic E-state index is -0.982. The van der Waals surface area contributed by atoms with Crippen LogP contribution in [-0.4, -0.2) is 21.2 Å². The lowest BCUT2D eigenvalue weighted by Crippen LogP contribution is -2.01. The average Bonchev–Trinajstić information content (AvgIpc) is 3.26. The van der Waals surface area contributed by atoms with Gasteiger partial charge in [-0.25, -0.2) is 9.78 Å². The van der Waals surface area contributed by atoms with Gasteiger partial charge in [0.05, 0.1) is 10.9 Å². The molecule has 0 unspecified atom stereocenters. The van der Waals surface area contributed by atoms with Crippen LogP contribution in [0, 0.1) is 0 Å². The van der Waals surface area contributed by atoms with Crippen molar-refractivity contribution in [3.8, 4) is 11.3 Å². The largest absolute Gasteiger partial charge is 0.478 e. The van der Waals surface area contributed by atoms with Crippen LogP contribution in [0.2, 0.25) is 0 Å². The molecule has 104 valence electrons. The molecule has 0 saturated heterocycles. The highest BCUT2D eigenvalue weighted by Gasteiger charge is 2.29. The zero-order valence-electron chi connectivity index (χ0n) is 11.1. The van der Waals surface area contributed by atoms with E-state index >= 15 is 0 Å². The molecule has 1 aliphatic carbocycles. The van der Waals surface area contributed by atoms with Gasteiger partial charge in [-0.3, -0.25) is 0 Å². The van der Waals surface area contributed by atoms with E-state index < -0.39 is 5.97 Å². The number of pyridine rings is 1. The number of benzene rings is 1. The van der Waals surface area contributed by atoms with E-state index in [1.807, 2.05) is 30.3 Å². The van der Waals surface area contributed by atoms with Gasteiger partial charge in [0.15, 0.2) is 0 Å². The first kappa shape index (κ1) is 12.1. The minimum absolute atomic E-state index is 0.210. The monoisotopic (exact) mass is 280 g/mol. The molecule has 0 bridgehead atoms. The molecule has 3 aromatic rings. The highest BCUT2D eigenvalue weighted by atomic mass is 16.5. The average molecular weight is 280 g/mol. The topological polar surface area (TPSA) is 76.2 Å². The normalized spacial score (nSPS) is 14.5. The quantitative estimate of drug-likeness (QED) is 0.795. The van der Waals surface area contributed by atoms with Crippen molar-refractivity contribution in [2.45, 2.75) is 18.8 Å². The van der Waals surface area contributed by atoms with Gasteiger partial charge in [-0.2, -0.15) is 0 Å². The van der Waals surface area contributed by atoms with Gasteiger partial charge >= 0.3 is 5.97 Å². The first-order chi connectivity index (χ1) is 10.2. The molecule has 0 aliphatic heterocycles. The van der Waals surface area contributed by atoms with E-state index in [1.54, 1.807) is 6.07 Å². The molecule has 5 nitrogen and oxygen atoms in total. The minimum Gasteiger partial charge on any atom is -0.478 e. The summed E-state index contributed by atoms with van der Waals surface area (Å²) < 4.78 is 5.29. The number of nitrogens with zero attached hydrogens (tertiary/aromatic N) is 2. The molecule has 1 aromatic carbocycles. The summed E-state index contributed by atoms with van der Waals surface area (Å²) in [5.74, 6) is -0.623. The van der Waals surface area contributed by atoms with E-state index in [0.29, 0.717) is 22.7 Å². The van der Waals surface area contributed by atoms with Gasteiger partial charge in [0, 0.05) is 17.2 Å². The lowest BCUT2D eigenvalue weighted by atomic mass is 10.0. The Bertz CT molecular complexity index is 835. The highest BCUT2D eigenvalue weighted by Crippen LogP contribution is 2.41. The third-order valence-corrected chi connectivity index (χ3v) is 3.74. The van der Waals surface area contributed by atoms with E-state index in [0.717, 1.165) is 24.1 Å². The summed E-state index contributed by atoms with van der Waals surface area (Å²) in [6.07, 6.45) is 2.11. The van der Waals surface area contributed by atoms with Gasteiger partial charge in [-0.05, 0) is 18.9 Å². The zero-order chi connectivity index (χ0) is 14.4. The number of aromatic carboxylic acids is 1. The third kappa shape index (κ3) is 1.98. The number of carbonyl (C=O) groups is 1. The SMILES string of the molecule is O=C(O)c1cc(C2CC2)nc2onc(-c3ccccc3)c12. The second kappa shape index (κ2) is 4.41. The third-order valence-electron chi connectivity index (χ3n) is 3.74. The Hall–Kier alpha value is -2.69. The van der Waals surface area contributed by atoms with E-state index in [1.165, 1.54) is 0 Å². The molecule has 1 aliphatic rings. The Morgan fingerprint density at radius 1 is 1.24 bits per heavy atom. The molecule has 0 atom stereocenters. The Balaban J connectivity index is 2.00. The van der Waals surface area contributed by atoms with E-state index in [9.17, 15) is 9.90 Å². The Morgan fingerprint density at radius 3 is 2.67 bits per heavy atom. The van der Waals surface area contributed by atoms with Gasteiger partial charge in [0.2, 0.25) is 0 Å². The maximum absolute atomic E-state index is 11.6. The van der Waals surface area contributed by atoms with Crippen molar-refractivity contribution in [2.75, 3.05) is 0 Å². The molecular formula is C16H12N2O3. The fourth-order valence-electron chi connectivity index (χ4n) is 2.52. The maximum Gasteiger partial charge on any atom is 0.336 e. The lowest BCUT2D eigenvalue weighted by Gasteiger charge is -2.02. The molecule has 1 saturated carbocycles. The summed E-state index contributed by atoms with van der Waals surface area (Å²) in [5.41, 5.74) is 2.64. The number of fused-ring (bicyclic) bond motifs is 1. The molecule has 0 amide bonds. The van der Waals surface area contributed by atoms with Crippen LogP contribution in [0.15, 0.2) is 40.9 Å². The van der Waals surface area contributed by atoms with Crippen LogP contribution < -0.4 is 0 Å². The van der Waals surface area contributed by atoms with Crippen molar-refractivity contribution < 1.29 is 14.4 Å². The van der Waals surface area contributed by atoms with Gasteiger partial charge in [-0.15, -0.1) is 0 Å². The van der Waals surface area contributed by atoms with Crippen molar-refractivity contribution in [3.63, 3.8) is 0 Å². The molecule has 2 aromatic heterocycles. The van der Waals surface area contributed by atoms with Crippen molar-refractivity contribution in [1.82, 2.24) is 10.1 Å². The first-order valence-corrected chi connectivity index (χ1v) is 6.83. The van der Waals surface area contributed by atoms with Crippen LogP contribution in [0.4, 0.5) is 0 Å². The lowest BCUT2D eigenvalue weighted by molar-refractivity contribution is 0.0699. The van der Waals surface area contributed by atoms with Crippen LogP contribution in [-0.2, 0) is 0 Å². The fraction of sp³-hybridized carbons (Fsp3) is 0.188. The van der Waals surface area contributed by atoms with E-state index in [4.69, 9.17) is 4.52 Å². The molecule has 21 heavy (non-hydrogen) atoms. The fourth-order valence-corrected chi connectivity index (χ4v) is 2.52. The number of aromatic nitrogens is 2. The second-order valence-electron chi connectivity index (χ2n) is 5.25. The number of carboxylic acids is 1. The summed E-state index contributed by atoms with van der Waals surface area (Å²) in [6, 6.07) is 11.1. The van der Waals surface area contributed by atoms with Crippen LogP contribution in [0.5, 0.6) is 0 Å². The predicted molar refractivity (Wildman–Crippen MR) is 76.2 cm³/mol. The van der Waals surface area contributed by atoms with Crippen LogP contribution in [0.3, 0.4) is 0 Å². The molecule has 0 radical (unpaired) electrons. The number of hydrogen-bond acceptors (Lipinski definition) is 4. The van der Waals surface area contributed by atoms with Gasteiger partial charge in [-0.1, -0.05) is 35.5 Å². The van der Waals surface area contributed by atoms with Crippen molar-refractivity contribution in [1.29, 1.82) is 0 Å². The zero-order valence-corrected chi connectivity index (χ0v) is 11.1. The van der Waals surface area contributed by atoms with Gasteiger partial charge in [0.1, 0.15) is 5.69 Å². The summed E-state index contributed by atoms with van der Waals surface area (Å²) in [7, 11) is 0. The van der Waals surface area contributed by atoms with E-state index in [-0.39, 0.29) is 5.56 Å². The Kier molecular flexibility index (Phi) is 2.54. The second-order valence-corrected chi connectivity index (χ2v) is 5.25. The van der Waals surface area contributed by atoms with Crippen LogP contribution in [0.1, 0.15) is 34.8 Å². The maximum atomic E-state index is 11.6. The predicted octanol–water partition coefficient (Wildman–Crippen LogP) is 3.47. The summed E-state index contributed by atoms with van der Waals surface area (Å²) in [4.78, 5) is 16.0. The highest BCUT2D eigenvalue weighted by molar-refractivity contribution is 6.06. The summed E-state index contributed by atoms with van der Waals surface area (Å²) in [6.45, 7) is 0. The molecule has 0 spiro atoms. The van der Waals surface area contributed by atoms with Crippen molar-refractivity contribution in [3.05, 3.63) is 47.7 Å². The Labute approximate surface area is 120 Å². The van der Waals surface area contributed by atoms with Crippen molar-refractivity contribution >= 4 is 17.1 Å². The molecule has 1 N–H and O–H groups in total. The van der Waals surface area contributed by atoms with Gasteiger partial charge in [0.25, 0.3) is 5.71 Å². The smallest absolute Gasteiger partial charge is 0.336 e. The summed E-state index contributed by atoms with van der Waals surface area (Å²) >= 11 is 0. The van der Waals surface area contributed by atoms with E-state index in [2.05, 4.69) is 10.1 Å². The Morgan fingerprint density at radius 2 is 2.00 bits per heavy atom. The number of carboxylic acid groups (broad SMARTS) is 1. The molecule has 4 rings (SSSR count). The van der Waals surface area contributed by atoms with Crippen molar-refractivity contribution in [2.24, 2.45) is 0 Å². The number of hydrogen-bond donors (Lipinski definition) is 1. The number of rotatable bonds is 3. The van der Waals surface area contributed by atoms with Crippen LogP contribution in [0.25, 0.3) is 22.4 Å². The van der Waals surface area contributed by atoms with Crippen LogP contribution >= 0.6 is 0 Å². The molecule has 5 heteroatoms. The summed E-state index contributed by atoms with van der Waals surface area (Å²) in [5, 5.41) is 14.0.